The van der Waals surface area contributed by atoms with Crippen molar-refractivity contribution in [1.29, 1.82) is 0 Å². The summed E-state index contributed by atoms with van der Waals surface area (Å²) in [6, 6.07) is 10.0. The molecule has 138 valence electrons. The lowest BCUT2D eigenvalue weighted by molar-refractivity contribution is 0.0586. The van der Waals surface area contributed by atoms with Crippen molar-refractivity contribution in [3.63, 3.8) is 0 Å². The van der Waals surface area contributed by atoms with Crippen LogP contribution in [0.3, 0.4) is 0 Å². The van der Waals surface area contributed by atoms with E-state index in [0.29, 0.717) is 12.4 Å². The third kappa shape index (κ3) is 3.10. The predicted molar refractivity (Wildman–Crippen MR) is 96.1 cm³/mol. The van der Waals surface area contributed by atoms with Gasteiger partial charge in [0.1, 0.15) is 5.82 Å². The maximum atomic E-state index is 12.5. The van der Waals surface area contributed by atoms with Crippen LogP contribution in [0.4, 0.5) is 0 Å². The first-order valence-electron chi connectivity index (χ1n) is 8.64. The molecular weight excluding hydrogens is 334 g/mol. The Balaban J connectivity index is 2.04. The monoisotopic (exact) mass is 357 g/mol. The number of ether oxygens (including phenoxy) is 1. The second-order valence-electron chi connectivity index (χ2n) is 6.53. The van der Waals surface area contributed by atoms with Crippen LogP contribution >= 0.6 is 0 Å². The molecule has 0 aliphatic carbocycles. The molecule has 1 aromatic heterocycles. The van der Waals surface area contributed by atoms with Crippen molar-refractivity contribution in [2.45, 2.75) is 38.4 Å². The second kappa shape index (κ2) is 7.29. The summed E-state index contributed by atoms with van der Waals surface area (Å²) < 4.78 is 6.11. The smallest absolute Gasteiger partial charge is 0.360 e. The summed E-state index contributed by atoms with van der Waals surface area (Å²) in [7, 11) is 3.18. The van der Waals surface area contributed by atoms with Gasteiger partial charge in [-0.05, 0) is 32.4 Å². The number of methoxy groups -OCH3 is 1. The van der Waals surface area contributed by atoms with Gasteiger partial charge in [-0.15, -0.1) is 0 Å². The van der Waals surface area contributed by atoms with Crippen LogP contribution in [0.25, 0.3) is 0 Å². The van der Waals surface area contributed by atoms with E-state index < -0.39 is 17.3 Å². The molecular formula is C19H23N3O4. The van der Waals surface area contributed by atoms with Gasteiger partial charge in [-0.2, -0.15) is 0 Å². The summed E-state index contributed by atoms with van der Waals surface area (Å²) >= 11 is 0. The Labute approximate surface area is 151 Å². The maximum Gasteiger partial charge on any atom is 0.360 e. The molecule has 2 heterocycles. The van der Waals surface area contributed by atoms with Crippen molar-refractivity contribution in [2.75, 3.05) is 14.2 Å². The number of carbonyl (C=O) groups is 1. The summed E-state index contributed by atoms with van der Waals surface area (Å²) in [4.78, 5) is 30.9. The first-order chi connectivity index (χ1) is 12.5. The standard InChI is InChI=1S/C19H23N3O4/c1-12(13-8-5-4-6-9-13)21(2)14-10-7-11-22-17(14)20-15(19(25)26-3)16(23)18(22)24/h4-6,8-9,12,14,23H,7,10-11H2,1-3H3/t12-,14+/m1/s1. The number of hydrogen-bond acceptors (Lipinski definition) is 6. The predicted octanol–water partition coefficient (Wildman–Crippen LogP) is 2.26. The average Bonchev–Trinajstić information content (AvgIpc) is 2.69. The van der Waals surface area contributed by atoms with Crippen LogP contribution in [0.15, 0.2) is 35.1 Å². The van der Waals surface area contributed by atoms with E-state index in [1.807, 2.05) is 25.2 Å². The molecule has 0 bridgehead atoms. The number of rotatable bonds is 4. The van der Waals surface area contributed by atoms with E-state index in [2.05, 4.69) is 33.7 Å². The lowest BCUT2D eigenvalue weighted by Crippen LogP contribution is -2.38. The third-order valence-corrected chi connectivity index (χ3v) is 5.10. The molecule has 7 heteroatoms. The van der Waals surface area contributed by atoms with E-state index in [4.69, 9.17) is 0 Å². The summed E-state index contributed by atoms with van der Waals surface area (Å²) in [5.74, 6) is -0.976. The van der Waals surface area contributed by atoms with Crippen LogP contribution in [0.2, 0.25) is 0 Å². The van der Waals surface area contributed by atoms with Gasteiger partial charge in [0.05, 0.1) is 13.2 Å². The Morgan fingerprint density at radius 2 is 2.08 bits per heavy atom. The van der Waals surface area contributed by atoms with Crippen molar-refractivity contribution in [1.82, 2.24) is 14.5 Å². The molecule has 0 unspecified atom stereocenters. The number of esters is 1. The Kier molecular flexibility index (Phi) is 5.08. The normalized spacial score (nSPS) is 17.6. The van der Waals surface area contributed by atoms with Crippen LogP contribution in [0.5, 0.6) is 5.75 Å². The number of aromatic hydroxyl groups is 1. The molecule has 0 radical (unpaired) electrons. The molecule has 0 amide bonds. The maximum absolute atomic E-state index is 12.5. The topological polar surface area (TPSA) is 84.7 Å². The molecule has 1 N–H and O–H groups in total. The molecule has 2 atom stereocenters. The van der Waals surface area contributed by atoms with E-state index in [1.54, 1.807) is 0 Å². The van der Waals surface area contributed by atoms with Crippen LogP contribution in [-0.4, -0.2) is 39.7 Å². The largest absolute Gasteiger partial charge is 0.501 e. The fraction of sp³-hybridized carbons (Fsp3) is 0.421. The lowest BCUT2D eigenvalue weighted by atomic mass is 10.00. The van der Waals surface area contributed by atoms with E-state index >= 15 is 0 Å². The van der Waals surface area contributed by atoms with Gasteiger partial charge in [0.25, 0.3) is 5.56 Å². The van der Waals surface area contributed by atoms with E-state index in [-0.39, 0.29) is 17.8 Å². The quantitative estimate of drug-likeness (QED) is 0.845. The zero-order valence-electron chi connectivity index (χ0n) is 15.2. The molecule has 1 aliphatic heterocycles. The number of hydrogen-bond donors (Lipinski definition) is 1. The van der Waals surface area contributed by atoms with Crippen molar-refractivity contribution < 1.29 is 14.6 Å². The minimum Gasteiger partial charge on any atom is -0.501 e. The Bertz CT molecular complexity index is 863. The van der Waals surface area contributed by atoms with Crippen molar-refractivity contribution in [3.05, 3.63) is 57.8 Å². The fourth-order valence-electron chi connectivity index (χ4n) is 3.46. The molecule has 0 spiro atoms. The van der Waals surface area contributed by atoms with Gasteiger partial charge >= 0.3 is 5.97 Å². The number of carbonyl (C=O) groups excluding carboxylic acids is 1. The Morgan fingerprint density at radius 3 is 2.73 bits per heavy atom. The first kappa shape index (κ1) is 18.1. The van der Waals surface area contributed by atoms with Crippen LogP contribution in [-0.2, 0) is 11.3 Å². The van der Waals surface area contributed by atoms with Crippen molar-refractivity contribution >= 4 is 5.97 Å². The highest BCUT2D eigenvalue weighted by Gasteiger charge is 2.32. The van der Waals surface area contributed by atoms with Crippen LogP contribution in [0.1, 0.15) is 53.7 Å². The average molecular weight is 357 g/mol. The highest BCUT2D eigenvalue weighted by Crippen LogP contribution is 2.34. The minimum atomic E-state index is -0.814. The Morgan fingerprint density at radius 1 is 1.38 bits per heavy atom. The van der Waals surface area contributed by atoms with Gasteiger partial charge in [0, 0.05) is 12.6 Å². The number of aromatic nitrogens is 2. The van der Waals surface area contributed by atoms with Gasteiger partial charge in [-0.3, -0.25) is 14.3 Å². The molecule has 1 aromatic carbocycles. The van der Waals surface area contributed by atoms with Gasteiger partial charge in [-0.25, -0.2) is 9.78 Å². The van der Waals surface area contributed by atoms with Crippen molar-refractivity contribution in [3.8, 4) is 5.75 Å². The SMILES string of the molecule is COC(=O)c1nc2n(c(=O)c1O)CCC[C@@H]2N(C)[C@H](C)c1ccccc1. The zero-order chi connectivity index (χ0) is 18.8. The molecule has 0 saturated carbocycles. The fourth-order valence-corrected chi connectivity index (χ4v) is 3.46. The minimum absolute atomic E-state index is 0.0973. The van der Waals surface area contributed by atoms with Crippen molar-refractivity contribution in [2.24, 2.45) is 0 Å². The number of fused-ring (bicyclic) bond motifs is 1. The highest BCUT2D eigenvalue weighted by atomic mass is 16.5. The van der Waals surface area contributed by atoms with Gasteiger partial charge in [0.15, 0.2) is 5.69 Å². The lowest BCUT2D eigenvalue weighted by Gasteiger charge is -2.36. The molecule has 3 rings (SSSR count). The summed E-state index contributed by atoms with van der Waals surface area (Å²) in [6.45, 7) is 2.56. The third-order valence-electron chi connectivity index (χ3n) is 5.10. The Hall–Kier alpha value is -2.67. The molecule has 26 heavy (non-hydrogen) atoms. The summed E-state index contributed by atoms with van der Waals surface area (Å²) in [5, 5.41) is 10.1. The van der Waals surface area contributed by atoms with Gasteiger partial charge < -0.3 is 9.84 Å². The zero-order valence-corrected chi connectivity index (χ0v) is 15.2. The number of benzene rings is 1. The second-order valence-corrected chi connectivity index (χ2v) is 6.53. The molecule has 7 nitrogen and oxygen atoms in total. The number of nitrogens with zero attached hydrogens (tertiary/aromatic N) is 3. The highest BCUT2D eigenvalue weighted by molar-refractivity contribution is 5.89. The summed E-state index contributed by atoms with van der Waals surface area (Å²) in [6.07, 6.45) is 1.60. The van der Waals surface area contributed by atoms with Gasteiger partial charge in [-0.1, -0.05) is 30.3 Å². The van der Waals surface area contributed by atoms with Crippen LogP contribution in [0, 0.1) is 0 Å². The molecule has 2 aromatic rings. The van der Waals surface area contributed by atoms with Crippen LogP contribution < -0.4 is 5.56 Å². The molecule has 0 fully saturated rings. The van der Waals surface area contributed by atoms with Gasteiger partial charge in [0.2, 0.25) is 5.75 Å². The summed E-state index contributed by atoms with van der Waals surface area (Å²) in [5.41, 5.74) is 0.235. The van der Waals surface area contributed by atoms with E-state index in [9.17, 15) is 14.7 Å². The van der Waals surface area contributed by atoms with E-state index in [0.717, 1.165) is 18.4 Å². The van der Waals surface area contributed by atoms with E-state index in [1.165, 1.54) is 11.7 Å². The first-order valence-corrected chi connectivity index (χ1v) is 8.64. The molecule has 1 aliphatic rings. The molecule has 0 saturated heterocycles.